The third-order valence-corrected chi connectivity index (χ3v) is 2.45. The zero-order chi connectivity index (χ0) is 9.42. The van der Waals surface area contributed by atoms with Crippen LogP contribution in [0.15, 0.2) is 24.3 Å². The largest absolute Gasteiger partial charge is 0.324 e. The van der Waals surface area contributed by atoms with Gasteiger partial charge in [0, 0.05) is 6.04 Å². The fraction of sp³-hybridized carbons (Fsp3) is 0.273. The maximum atomic E-state index is 13.3. The van der Waals surface area contributed by atoms with Crippen LogP contribution in [0.5, 0.6) is 0 Å². The highest BCUT2D eigenvalue weighted by Gasteiger charge is 2.18. The average molecular weight is 177 g/mol. The third kappa shape index (κ3) is 1.27. The van der Waals surface area contributed by atoms with Crippen LogP contribution in [0, 0.1) is 5.82 Å². The van der Waals surface area contributed by atoms with E-state index in [1.54, 1.807) is 6.07 Å². The van der Waals surface area contributed by atoms with Gasteiger partial charge in [-0.25, -0.2) is 4.39 Å². The number of benzene rings is 1. The Morgan fingerprint density at radius 3 is 2.92 bits per heavy atom. The second-order valence-electron chi connectivity index (χ2n) is 3.42. The molecule has 0 aliphatic heterocycles. The normalized spacial score (nSPS) is 16.7. The van der Waals surface area contributed by atoms with Crippen LogP contribution in [-0.2, 0) is 6.42 Å². The van der Waals surface area contributed by atoms with E-state index in [0.29, 0.717) is 6.42 Å². The van der Waals surface area contributed by atoms with Crippen molar-refractivity contribution in [1.82, 2.24) is 0 Å². The molecule has 1 unspecified atom stereocenters. The molecule has 0 saturated carbocycles. The molecule has 13 heavy (non-hydrogen) atoms. The Morgan fingerprint density at radius 1 is 1.46 bits per heavy atom. The molecule has 0 spiro atoms. The molecule has 0 saturated heterocycles. The van der Waals surface area contributed by atoms with Crippen molar-refractivity contribution in [2.24, 2.45) is 5.73 Å². The summed E-state index contributed by atoms with van der Waals surface area (Å²) in [5.41, 5.74) is 8.60. The van der Waals surface area contributed by atoms with E-state index in [-0.39, 0.29) is 11.9 Å². The molecule has 68 valence electrons. The predicted molar refractivity (Wildman–Crippen MR) is 51.7 cm³/mol. The lowest BCUT2D eigenvalue weighted by Crippen LogP contribution is -2.16. The minimum Gasteiger partial charge on any atom is -0.324 e. The topological polar surface area (TPSA) is 26.0 Å². The number of hydrogen-bond donors (Lipinski definition) is 1. The molecule has 0 bridgehead atoms. The van der Waals surface area contributed by atoms with E-state index in [9.17, 15) is 4.39 Å². The van der Waals surface area contributed by atoms with Gasteiger partial charge in [-0.05, 0) is 36.1 Å². The van der Waals surface area contributed by atoms with Crippen molar-refractivity contribution in [3.05, 3.63) is 41.2 Å². The lowest BCUT2D eigenvalue weighted by molar-refractivity contribution is 0.615. The molecule has 1 atom stereocenters. The minimum atomic E-state index is -0.121. The van der Waals surface area contributed by atoms with Crippen LogP contribution >= 0.6 is 0 Å². The smallest absolute Gasteiger partial charge is 0.127 e. The van der Waals surface area contributed by atoms with Crippen molar-refractivity contribution >= 4 is 5.57 Å². The highest BCUT2D eigenvalue weighted by Crippen LogP contribution is 2.30. The predicted octanol–water partition coefficient (Wildman–Crippen LogP) is 2.11. The van der Waals surface area contributed by atoms with Gasteiger partial charge in [0.2, 0.25) is 0 Å². The Labute approximate surface area is 77.1 Å². The number of rotatable bonds is 1. The fourth-order valence-corrected chi connectivity index (χ4v) is 1.79. The van der Waals surface area contributed by atoms with E-state index < -0.39 is 0 Å². The summed E-state index contributed by atoms with van der Waals surface area (Å²) >= 11 is 0. The first kappa shape index (κ1) is 8.45. The van der Waals surface area contributed by atoms with Gasteiger partial charge in [-0.15, -0.1) is 0 Å². The molecule has 0 aromatic heterocycles. The maximum Gasteiger partial charge on any atom is 0.127 e. The summed E-state index contributed by atoms with van der Waals surface area (Å²) in [6.45, 7) is 1.92. The molecule has 0 amide bonds. The molecule has 2 heteroatoms. The zero-order valence-corrected chi connectivity index (χ0v) is 7.55. The molecule has 2 rings (SSSR count). The van der Waals surface area contributed by atoms with Gasteiger partial charge in [0.1, 0.15) is 5.82 Å². The van der Waals surface area contributed by atoms with Gasteiger partial charge in [-0.3, -0.25) is 0 Å². The second-order valence-corrected chi connectivity index (χ2v) is 3.42. The van der Waals surface area contributed by atoms with Gasteiger partial charge in [-0.1, -0.05) is 18.2 Å². The van der Waals surface area contributed by atoms with Crippen LogP contribution in [0.4, 0.5) is 4.39 Å². The van der Waals surface area contributed by atoms with Gasteiger partial charge in [-0.2, -0.15) is 0 Å². The molecule has 1 nitrogen and oxygen atoms in total. The highest BCUT2D eigenvalue weighted by molar-refractivity contribution is 5.75. The first-order valence-electron chi connectivity index (χ1n) is 4.43. The summed E-state index contributed by atoms with van der Waals surface area (Å²) in [6, 6.07) is 5.15. The SMILES string of the molecule is CC(N)C1=CCc2c(F)cccc21. The molecular formula is C11H12FN. The average Bonchev–Trinajstić information content (AvgIpc) is 2.48. The Hall–Kier alpha value is -1.15. The van der Waals surface area contributed by atoms with Crippen molar-refractivity contribution < 1.29 is 4.39 Å². The Bertz CT molecular complexity index is 366. The molecule has 0 fully saturated rings. The molecule has 0 heterocycles. The van der Waals surface area contributed by atoms with Gasteiger partial charge in [0.05, 0.1) is 0 Å². The molecule has 1 aromatic rings. The van der Waals surface area contributed by atoms with Gasteiger partial charge in [0.25, 0.3) is 0 Å². The van der Waals surface area contributed by atoms with Gasteiger partial charge in [0.15, 0.2) is 0 Å². The van der Waals surface area contributed by atoms with Gasteiger partial charge < -0.3 is 5.73 Å². The van der Waals surface area contributed by atoms with Crippen molar-refractivity contribution in [3.8, 4) is 0 Å². The lowest BCUT2D eigenvalue weighted by atomic mass is 10.0. The monoisotopic (exact) mass is 177 g/mol. The summed E-state index contributed by atoms with van der Waals surface area (Å²) in [5, 5.41) is 0. The van der Waals surface area contributed by atoms with Gasteiger partial charge >= 0.3 is 0 Å². The molecule has 0 radical (unpaired) electrons. The standard InChI is InChI=1S/C11H12FN/c1-7(13)8-5-6-10-9(8)3-2-4-11(10)12/h2-5,7H,6,13H2,1H3. The quantitative estimate of drug-likeness (QED) is 0.698. The first-order chi connectivity index (χ1) is 6.20. The summed E-state index contributed by atoms with van der Waals surface area (Å²) in [4.78, 5) is 0. The second kappa shape index (κ2) is 2.96. The van der Waals surface area contributed by atoms with E-state index in [2.05, 4.69) is 0 Å². The van der Waals surface area contributed by atoms with Crippen LogP contribution in [0.3, 0.4) is 0 Å². The summed E-state index contributed by atoms with van der Waals surface area (Å²) in [5.74, 6) is -0.121. The number of fused-ring (bicyclic) bond motifs is 1. The lowest BCUT2D eigenvalue weighted by Gasteiger charge is -2.09. The van der Waals surface area contributed by atoms with Crippen molar-refractivity contribution in [2.45, 2.75) is 19.4 Å². The minimum absolute atomic E-state index is 0.0111. The van der Waals surface area contributed by atoms with Crippen LogP contribution in [-0.4, -0.2) is 6.04 Å². The first-order valence-corrected chi connectivity index (χ1v) is 4.43. The molecule has 2 N–H and O–H groups in total. The molecule has 1 aromatic carbocycles. The summed E-state index contributed by atoms with van der Waals surface area (Å²) < 4.78 is 13.3. The van der Waals surface area contributed by atoms with E-state index in [4.69, 9.17) is 5.73 Å². The molecule has 1 aliphatic rings. The van der Waals surface area contributed by atoms with Crippen LogP contribution < -0.4 is 5.73 Å². The highest BCUT2D eigenvalue weighted by atomic mass is 19.1. The van der Waals surface area contributed by atoms with E-state index in [0.717, 1.165) is 16.7 Å². The van der Waals surface area contributed by atoms with Crippen molar-refractivity contribution in [2.75, 3.05) is 0 Å². The van der Waals surface area contributed by atoms with E-state index >= 15 is 0 Å². The van der Waals surface area contributed by atoms with Crippen LogP contribution in [0.2, 0.25) is 0 Å². The summed E-state index contributed by atoms with van der Waals surface area (Å²) in [6.07, 6.45) is 2.69. The molecule has 1 aliphatic carbocycles. The van der Waals surface area contributed by atoms with E-state index in [1.807, 2.05) is 19.1 Å². The van der Waals surface area contributed by atoms with Crippen LogP contribution in [0.1, 0.15) is 18.1 Å². The number of halogens is 1. The van der Waals surface area contributed by atoms with Crippen LogP contribution in [0.25, 0.3) is 5.57 Å². The Balaban J connectivity index is 2.50. The van der Waals surface area contributed by atoms with Crippen molar-refractivity contribution in [3.63, 3.8) is 0 Å². The summed E-state index contributed by atoms with van der Waals surface area (Å²) in [7, 11) is 0. The number of hydrogen-bond acceptors (Lipinski definition) is 1. The number of allylic oxidation sites excluding steroid dienone is 1. The fourth-order valence-electron chi connectivity index (χ4n) is 1.79. The Kier molecular flexibility index (Phi) is 1.93. The molecular weight excluding hydrogens is 165 g/mol. The van der Waals surface area contributed by atoms with Crippen molar-refractivity contribution in [1.29, 1.82) is 0 Å². The van der Waals surface area contributed by atoms with E-state index in [1.165, 1.54) is 6.07 Å². The Morgan fingerprint density at radius 2 is 2.23 bits per heavy atom. The zero-order valence-electron chi connectivity index (χ0n) is 7.55. The third-order valence-electron chi connectivity index (χ3n) is 2.45. The number of nitrogens with two attached hydrogens (primary N) is 1. The maximum absolute atomic E-state index is 13.3.